The molecular weight excluding hydrogens is 356 g/mol. The minimum atomic E-state index is -0.329. The Balaban J connectivity index is 2.42. The van der Waals surface area contributed by atoms with E-state index in [9.17, 15) is 4.79 Å². The molecule has 0 saturated heterocycles. The molecule has 124 valence electrons. The third kappa shape index (κ3) is 4.05. The van der Waals surface area contributed by atoms with E-state index in [0.717, 1.165) is 34.2 Å². The predicted molar refractivity (Wildman–Crippen MR) is 95.9 cm³/mol. The first kappa shape index (κ1) is 17.8. The van der Waals surface area contributed by atoms with Crippen molar-refractivity contribution in [2.45, 2.75) is 33.6 Å². The van der Waals surface area contributed by atoms with Gasteiger partial charge in [-0.3, -0.25) is 4.79 Å². The number of halogens is 1. The van der Waals surface area contributed by atoms with Crippen LogP contribution in [-0.4, -0.2) is 13.1 Å². The third-order valence-corrected chi connectivity index (χ3v) is 5.00. The van der Waals surface area contributed by atoms with Crippen LogP contribution in [0.5, 0.6) is 11.5 Å². The Kier molecular flexibility index (Phi) is 5.35. The highest BCUT2D eigenvalue weighted by molar-refractivity contribution is 9.10. The van der Waals surface area contributed by atoms with Crippen LogP contribution in [0.3, 0.4) is 0 Å². The molecule has 1 atom stereocenters. The maximum absolute atomic E-state index is 11.4. The summed E-state index contributed by atoms with van der Waals surface area (Å²) >= 11 is 3.45. The number of rotatable bonds is 4. The summed E-state index contributed by atoms with van der Waals surface area (Å²) in [5.74, 6) is 1.26. The van der Waals surface area contributed by atoms with Crippen LogP contribution in [0.2, 0.25) is 0 Å². The minimum Gasteiger partial charge on any atom is -0.496 e. The first-order chi connectivity index (χ1) is 10.7. The standard InChI is InChI=1S/C19H23BrO3/c1-12-7-6-8-19(3,4)15(12)9-14-10-18(22-5)16(20)11-17(14)23-13(2)21/h6-7,10-11,15H,1,8-9H2,2-5H3. The highest BCUT2D eigenvalue weighted by atomic mass is 79.9. The third-order valence-electron chi connectivity index (χ3n) is 4.38. The molecule has 0 fully saturated rings. The predicted octanol–water partition coefficient (Wildman–Crippen LogP) is 5.08. The number of hydrogen-bond donors (Lipinski definition) is 0. The van der Waals surface area contributed by atoms with Crippen LogP contribution in [-0.2, 0) is 11.2 Å². The molecule has 1 aromatic carbocycles. The van der Waals surface area contributed by atoms with Gasteiger partial charge in [-0.1, -0.05) is 38.2 Å². The van der Waals surface area contributed by atoms with Gasteiger partial charge in [0, 0.05) is 6.92 Å². The Morgan fingerprint density at radius 3 is 2.65 bits per heavy atom. The van der Waals surface area contributed by atoms with Crippen LogP contribution in [0.1, 0.15) is 32.8 Å². The summed E-state index contributed by atoms with van der Waals surface area (Å²) in [6, 6.07) is 3.73. The van der Waals surface area contributed by atoms with Crippen molar-refractivity contribution >= 4 is 21.9 Å². The number of hydrogen-bond acceptors (Lipinski definition) is 3. The highest BCUT2D eigenvalue weighted by Crippen LogP contribution is 2.44. The van der Waals surface area contributed by atoms with Gasteiger partial charge in [-0.15, -0.1) is 0 Å². The normalized spacial score (nSPS) is 19.5. The lowest BCUT2D eigenvalue weighted by Gasteiger charge is -2.37. The SMILES string of the molecule is C=C1C=CCC(C)(C)C1Cc1cc(OC)c(Br)cc1OC(C)=O. The summed E-state index contributed by atoms with van der Waals surface area (Å²) in [6.07, 6.45) is 6.03. The van der Waals surface area contributed by atoms with Crippen LogP contribution in [0.4, 0.5) is 0 Å². The lowest BCUT2D eigenvalue weighted by atomic mass is 9.67. The Morgan fingerprint density at radius 2 is 2.09 bits per heavy atom. The molecule has 0 saturated carbocycles. The monoisotopic (exact) mass is 378 g/mol. The van der Waals surface area contributed by atoms with Gasteiger partial charge in [-0.2, -0.15) is 0 Å². The second-order valence-electron chi connectivity index (χ2n) is 6.61. The van der Waals surface area contributed by atoms with Crippen LogP contribution in [0.25, 0.3) is 0 Å². The Hall–Kier alpha value is -1.55. The lowest BCUT2D eigenvalue weighted by Crippen LogP contribution is -2.29. The molecule has 0 aliphatic heterocycles. The van der Waals surface area contributed by atoms with E-state index in [-0.39, 0.29) is 17.3 Å². The van der Waals surface area contributed by atoms with Crippen LogP contribution in [0.15, 0.2) is 40.9 Å². The van der Waals surface area contributed by atoms with Crippen LogP contribution < -0.4 is 9.47 Å². The van der Waals surface area contributed by atoms with E-state index in [1.54, 1.807) is 13.2 Å². The minimum absolute atomic E-state index is 0.111. The summed E-state index contributed by atoms with van der Waals surface area (Å²) in [5.41, 5.74) is 2.17. The molecule has 2 rings (SSSR count). The van der Waals surface area contributed by atoms with Crippen molar-refractivity contribution in [3.8, 4) is 11.5 Å². The zero-order chi connectivity index (χ0) is 17.2. The first-order valence-electron chi connectivity index (χ1n) is 7.64. The molecule has 1 aromatic rings. The summed E-state index contributed by atoms with van der Waals surface area (Å²) < 4.78 is 11.6. The molecule has 4 heteroatoms. The summed E-state index contributed by atoms with van der Waals surface area (Å²) in [5, 5.41) is 0. The molecule has 0 N–H and O–H groups in total. The molecule has 1 aliphatic rings. The average molecular weight is 379 g/mol. The Morgan fingerprint density at radius 1 is 1.39 bits per heavy atom. The maximum atomic E-state index is 11.4. The fourth-order valence-corrected chi connectivity index (χ4v) is 3.53. The zero-order valence-electron chi connectivity index (χ0n) is 14.1. The van der Waals surface area contributed by atoms with E-state index in [1.165, 1.54) is 6.92 Å². The number of carbonyl (C=O) groups is 1. The van der Waals surface area contributed by atoms with Crippen LogP contribution >= 0.6 is 15.9 Å². The van der Waals surface area contributed by atoms with E-state index in [2.05, 4.69) is 48.5 Å². The number of benzene rings is 1. The van der Waals surface area contributed by atoms with Gasteiger partial charge in [0.2, 0.25) is 0 Å². The van der Waals surface area contributed by atoms with Crippen molar-refractivity contribution in [3.05, 3.63) is 46.5 Å². The van der Waals surface area contributed by atoms with E-state index < -0.39 is 0 Å². The molecular formula is C19H23BrO3. The van der Waals surface area contributed by atoms with Crippen LogP contribution in [0, 0.1) is 11.3 Å². The maximum Gasteiger partial charge on any atom is 0.308 e. The molecule has 3 nitrogen and oxygen atoms in total. The van der Waals surface area contributed by atoms with Gasteiger partial charge in [0.15, 0.2) is 0 Å². The molecule has 1 unspecified atom stereocenters. The summed E-state index contributed by atoms with van der Waals surface area (Å²) in [7, 11) is 1.63. The first-order valence-corrected chi connectivity index (χ1v) is 8.44. The Bertz CT molecular complexity index is 659. The van der Waals surface area contributed by atoms with Crippen molar-refractivity contribution in [1.82, 2.24) is 0 Å². The molecule has 23 heavy (non-hydrogen) atoms. The lowest BCUT2D eigenvalue weighted by molar-refractivity contribution is -0.131. The number of ether oxygens (including phenoxy) is 2. The Labute approximate surface area is 146 Å². The van der Waals surface area contributed by atoms with Crippen molar-refractivity contribution in [3.63, 3.8) is 0 Å². The molecule has 0 spiro atoms. The number of allylic oxidation sites excluding steroid dienone is 3. The second kappa shape index (κ2) is 6.91. The zero-order valence-corrected chi connectivity index (χ0v) is 15.7. The van der Waals surface area contributed by atoms with E-state index in [4.69, 9.17) is 9.47 Å². The number of esters is 1. The van der Waals surface area contributed by atoms with Gasteiger partial charge in [-0.25, -0.2) is 0 Å². The van der Waals surface area contributed by atoms with E-state index in [0.29, 0.717) is 5.75 Å². The van der Waals surface area contributed by atoms with Gasteiger partial charge in [-0.05, 0) is 57.8 Å². The number of carbonyl (C=O) groups excluding carboxylic acids is 1. The quantitative estimate of drug-likeness (QED) is 0.540. The molecule has 0 aromatic heterocycles. The summed E-state index contributed by atoms with van der Waals surface area (Å²) in [6.45, 7) is 10.1. The fraction of sp³-hybridized carbons (Fsp3) is 0.421. The van der Waals surface area contributed by atoms with Crippen molar-refractivity contribution in [2.24, 2.45) is 11.3 Å². The molecule has 0 bridgehead atoms. The largest absolute Gasteiger partial charge is 0.496 e. The van der Waals surface area contributed by atoms with Gasteiger partial charge < -0.3 is 9.47 Å². The second-order valence-corrected chi connectivity index (χ2v) is 7.47. The van der Waals surface area contributed by atoms with Gasteiger partial charge >= 0.3 is 5.97 Å². The summed E-state index contributed by atoms with van der Waals surface area (Å²) in [4.78, 5) is 11.4. The van der Waals surface area contributed by atoms with Crippen molar-refractivity contribution in [2.75, 3.05) is 7.11 Å². The van der Waals surface area contributed by atoms with Crippen molar-refractivity contribution < 1.29 is 14.3 Å². The average Bonchev–Trinajstić information content (AvgIpc) is 2.44. The van der Waals surface area contributed by atoms with Gasteiger partial charge in [0.1, 0.15) is 11.5 Å². The smallest absolute Gasteiger partial charge is 0.308 e. The van der Waals surface area contributed by atoms with Crippen molar-refractivity contribution in [1.29, 1.82) is 0 Å². The highest BCUT2D eigenvalue weighted by Gasteiger charge is 2.33. The topological polar surface area (TPSA) is 35.5 Å². The number of methoxy groups -OCH3 is 1. The molecule has 1 aliphatic carbocycles. The van der Waals surface area contributed by atoms with Gasteiger partial charge in [0.25, 0.3) is 0 Å². The fourth-order valence-electron chi connectivity index (χ4n) is 3.04. The van der Waals surface area contributed by atoms with E-state index in [1.807, 2.05) is 6.07 Å². The van der Waals surface area contributed by atoms with Gasteiger partial charge in [0.05, 0.1) is 11.6 Å². The van der Waals surface area contributed by atoms with E-state index >= 15 is 0 Å². The molecule has 0 radical (unpaired) electrons. The molecule has 0 amide bonds. The molecule has 0 heterocycles.